The first kappa shape index (κ1) is 26.9. The van der Waals surface area contributed by atoms with Crippen molar-refractivity contribution in [2.24, 2.45) is 11.8 Å². The van der Waals surface area contributed by atoms with Crippen molar-refractivity contribution in [1.29, 1.82) is 0 Å². The van der Waals surface area contributed by atoms with Crippen LogP contribution in [0.25, 0.3) is 0 Å². The maximum absolute atomic E-state index is 6.83. The van der Waals surface area contributed by atoms with Gasteiger partial charge in [-0.1, -0.05) is 52.8 Å². The molecule has 30 heavy (non-hydrogen) atoms. The highest BCUT2D eigenvalue weighted by Crippen LogP contribution is 2.40. The van der Waals surface area contributed by atoms with Crippen LogP contribution >= 0.6 is 0 Å². The van der Waals surface area contributed by atoms with Crippen LogP contribution in [0.4, 0.5) is 0 Å². The van der Waals surface area contributed by atoms with Gasteiger partial charge in [0, 0.05) is 19.6 Å². The largest absolute Gasteiger partial charge is 0.497 e. The van der Waals surface area contributed by atoms with Crippen LogP contribution in [0, 0.1) is 11.8 Å². The van der Waals surface area contributed by atoms with Gasteiger partial charge in [0.1, 0.15) is 5.75 Å². The highest BCUT2D eigenvalue weighted by Gasteiger charge is 2.42. The summed E-state index contributed by atoms with van der Waals surface area (Å²) in [5.74, 6) is 1.35. The van der Waals surface area contributed by atoms with Crippen molar-refractivity contribution >= 4 is 8.32 Å². The minimum absolute atomic E-state index is 0.0676. The predicted octanol–water partition coefficient (Wildman–Crippen LogP) is 6.47. The van der Waals surface area contributed by atoms with E-state index in [1.54, 1.807) is 14.2 Å². The molecule has 4 atom stereocenters. The SMILES string of the molecule is C=C[C@@H](C)[C@@H](O[Si](C)(C)C(C)(C)C)[C@H](C)[C@@H](CCOCc1ccc(OC)cc1)OC. The molecule has 0 aliphatic heterocycles. The topological polar surface area (TPSA) is 36.9 Å². The van der Waals surface area contributed by atoms with Crippen LogP contribution in [-0.2, 0) is 20.5 Å². The van der Waals surface area contributed by atoms with Crippen molar-refractivity contribution in [2.75, 3.05) is 20.8 Å². The van der Waals surface area contributed by atoms with Gasteiger partial charge >= 0.3 is 0 Å². The summed E-state index contributed by atoms with van der Waals surface area (Å²) in [6.45, 7) is 21.1. The van der Waals surface area contributed by atoms with Crippen LogP contribution in [-0.4, -0.2) is 41.4 Å². The van der Waals surface area contributed by atoms with Crippen LogP contribution in [0.1, 0.15) is 46.6 Å². The maximum Gasteiger partial charge on any atom is 0.192 e. The standard InChI is InChI=1S/C25H44O4Si/c1-11-19(2)24(29-30(9,10)25(4,5)6)20(3)23(27-8)16-17-28-18-21-12-14-22(26-7)15-13-21/h11-15,19-20,23-24H,1,16-18H2,2-10H3/t19-,20-,23-,24-/m1/s1. The van der Waals surface area contributed by atoms with Crippen LogP contribution in [0.5, 0.6) is 5.75 Å². The molecule has 0 bridgehead atoms. The zero-order valence-corrected chi connectivity index (χ0v) is 21.7. The molecule has 4 nitrogen and oxygen atoms in total. The lowest BCUT2D eigenvalue weighted by molar-refractivity contribution is -0.0314. The summed E-state index contributed by atoms with van der Waals surface area (Å²) in [5, 5.41) is 0.163. The second-order valence-corrected chi connectivity index (χ2v) is 14.5. The van der Waals surface area contributed by atoms with Gasteiger partial charge in [0.25, 0.3) is 0 Å². The molecule has 0 spiro atoms. The van der Waals surface area contributed by atoms with Crippen molar-refractivity contribution in [3.05, 3.63) is 42.5 Å². The summed E-state index contributed by atoms with van der Waals surface area (Å²) < 4.78 is 23.8. The van der Waals surface area contributed by atoms with Gasteiger partial charge < -0.3 is 18.6 Å². The quantitative estimate of drug-likeness (QED) is 0.202. The average molecular weight is 437 g/mol. The molecule has 1 aromatic carbocycles. The number of benzene rings is 1. The van der Waals surface area contributed by atoms with E-state index in [4.69, 9.17) is 18.6 Å². The molecule has 0 aliphatic carbocycles. The minimum atomic E-state index is -1.90. The van der Waals surface area contributed by atoms with Crippen molar-refractivity contribution in [1.82, 2.24) is 0 Å². The highest BCUT2D eigenvalue weighted by atomic mass is 28.4. The Morgan fingerprint density at radius 3 is 2.13 bits per heavy atom. The molecule has 0 saturated carbocycles. The van der Waals surface area contributed by atoms with E-state index in [-0.39, 0.29) is 29.1 Å². The fourth-order valence-corrected chi connectivity index (χ4v) is 4.73. The molecule has 1 aromatic rings. The summed E-state index contributed by atoms with van der Waals surface area (Å²) in [7, 11) is 1.55. The summed E-state index contributed by atoms with van der Waals surface area (Å²) in [4.78, 5) is 0. The Morgan fingerprint density at radius 2 is 1.67 bits per heavy atom. The lowest BCUT2D eigenvalue weighted by Crippen LogP contribution is -2.49. The van der Waals surface area contributed by atoms with Crippen LogP contribution in [0.2, 0.25) is 18.1 Å². The van der Waals surface area contributed by atoms with Crippen molar-refractivity contribution in [3.63, 3.8) is 0 Å². The molecule has 0 saturated heterocycles. The van der Waals surface area contributed by atoms with Crippen molar-refractivity contribution in [2.45, 2.75) is 78.0 Å². The molecule has 0 heterocycles. The first-order chi connectivity index (χ1) is 14.0. The molecule has 0 aliphatic rings. The molecule has 0 fully saturated rings. The molecule has 5 heteroatoms. The minimum Gasteiger partial charge on any atom is -0.497 e. The Labute approximate surface area is 186 Å². The molecular formula is C25H44O4Si. The number of hydrogen-bond donors (Lipinski definition) is 0. The molecule has 0 radical (unpaired) electrons. The highest BCUT2D eigenvalue weighted by molar-refractivity contribution is 6.74. The Kier molecular flexibility index (Phi) is 10.8. The Bertz CT molecular complexity index is 621. The summed E-state index contributed by atoms with van der Waals surface area (Å²) >= 11 is 0. The third kappa shape index (κ3) is 7.84. The molecular weight excluding hydrogens is 392 g/mol. The van der Waals surface area contributed by atoms with Gasteiger partial charge in [-0.15, -0.1) is 6.58 Å². The van der Waals surface area contributed by atoms with Gasteiger partial charge in [-0.25, -0.2) is 0 Å². The third-order valence-electron chi connectivity index (χ3n) is 6.51. The second-order valence-electron chi connectivity index (χ2n) is 9.76. The lowest BCUT2D eigenvalue weighted by atomic mass is 9.88. The van der Waals surface area contributed by atoms with Gasteiger partial charge in [0.05, 0.1) is 25.9 Å². The van der Waals surface area contributed by atoms with E-state index in [0.717, 1.165) is 17.7 Å². The van der Waals surface area contributed by atoms with E-state index in [1.165, 1.54) is 0 Å². The molecule has 172 valence electrons. The predicted molar refractivity (Wildman–Crippen MR) is 129 cm³/mol. The summed E-state index contributed by atoms with van der Waals surface area (Å²) in [6, 6.07) is 7.98. The third-order valence-corrected chi connectivity index (χ3v) is 11.0. The molecule has 0 N–H and O–H groups in total. The number of hydrogen-bond acceptors (Lipinski definition) is 4. The summed E-state index contributed by atoms with van der Waals surface area (Å²) in [6.07, 6.45) is 2.98. The van der Waals surface area contributed by atoms with E-state index in [1.807, 2.05) is 30.3 Å². The lowest BCUT2D eigenvalue weighted by Gasteiger charge is -2.43. The van der Waals surface area contributed by atoms with Gasteiger partial charge in [-0.05, 0) is 48.2 Å². The van der Waals surface area contributed by atoms with Crippen LogP contribution in [0.3, 0.4) is 0 Å². The summed E-state index contributed by atoms with van der Waals surface area (Å²) in [5.41, 5.74) is 1.14. The van der Waals surface area contributed by atoms with Crippen LogP contribution in [0.15, 0.2) is 36.9 Å². The van der Waals surface area contributed by atoms with Crippen LogP contribution < -0.4 is 4.74 Å². The van der Waals surface area contributed by atoms with E-state index in [2.05, 4.69) is 54.3 Å². The maximum atomic E-state index is 6.83. The zero-order valence-electron chi connectivity index (χ0n) is 20.7. The number of ether oxygens (including phenoxy) is 3. The molecule has 0 unspecified atom stereocenters. The monoisotopic (exact) mass is 436 g/mol. The van der Waals surface area contributed by atoms with E-state index < -0.39 is 8.32 Å². The first-order valence-corrected chi connectivity index (χ1v) is 13.9. The fourth-order valence-electron chi connectivity index (χ4n) is 3.26. The van der Waals surface area contributed by atoms with E-state index in [9.17, 15) is 0 Å². The van der Waals surface area contributed by atoms with Gasteiger partial charge in [0.2, 0.25) is 0 Å². The normalized spacial score (nSPS) is 16.6. The Balaban J connectivity index is 2.70. The number of methoxy groups -OCH3 is 2. The average Bonchev–Trinajstić information content (AvgIpc) is 2.70. The van der Waals surface area contributed by atoms with Gasteiger partial charge in [-0.2, -0.15) is 0 Å². The number of rotatable bonds is 13. The smallest absolute Gasteiger partial charge is 0.192 e. The van der Waals surface area contributed by atoms with Crippen molar-refractivity contribution in [3.8, 4) is 5.75 Å². The molecule has 0 aromatic heterocycles. The fraction of sp³-hybridized carbons (Fsp3) is 0.680. The molecule has 1 rings (SSSR count). The molecule has 0 amide bonds. The second kappa shape index (κ2) is 12.0. The van der Waals surface area contributed by atoms with E-state index in [0.29, 0.717) is 13.2 Å². The zero-order chi connectivity index (χ0) is 22.9. The first-order valence-electron chi connectivity index (χ1n) is 11.0. The Morgan fingerprint density at radius 1 is 1.07 bits per heavy atom. The van der Waals surface area contributed by atoms with E-state index >= 15 is 0 Å². The van der Waals surface area contributed by atoms with Gasteiger partial charge in [-0.3, -0.25) is 0 Å². The van der Waals surface area contributed by atoms with Crippen molar-refractivity contribution < 1.29 is 18.6 Å². The van der Waals surface area contributed by atoms with Gasteiger partial charge in [0.15, 0.2) is 8.32 Å². The Hall–Kier alpha value is -1.14.